The van der Waals surface area contributed by atoms with Gasteiger partial charge < -0.3 is 20.5 Å². The Morgan fingerprint density at radius 2 is 2.09 bits per heavy atom. The summed E-state index contributed by atoms with van der Waals surface area (Å²) in [4.78, 5) is 27.0. The fourth-order valence-corrected chi connectivity index (χ4v) is 5.71. The predicted octanol–water partition coefficient (Wildman–Crippen LogP) is 3.60. The molecule has 11 heteroatoms. The smallest absolute Gasteiger partial charge is 0.254 e. The first kappa shape index (κ1) is 21.3. The second kappa shape index (κ2) is 8.53. The average molecular weight is 482 g/mol. The van der Waals surface area contributed by atoms with Crippen molar-refractivity contribution >= 4 is 39.8 Å². The summed E-state index contributed by atoms with van der Waals surface area (Å²) in [5, 5.41) is 22.4. The van der Waals surface area contributed by atoms with Crippen molar-refractivity contribution in [3.8, 4) is 0 Å². The molecular weight excluding hydrogens is 454 g/mol. The molecule has 3 aliphatic carbocycles. The highest BCUT2D eigenvalue weighted by atomic mass is 32.1. The lowest BCUT2D eigenvalue weighted by Crippen LogP contribution is -2.28. The van der Waals surface area contributed by atoms with Crippen LogP contribution in [-0.4, -0.2) is 38.3 Å². The summed E-state index contributed by atoms with van der Waals surface area (Å²) in [5.74, 6) is 1.22. The largest absolute Gasteiger partial charge is 0.362 e. The van der Waals surface area contributed by atoms with E-state index < -0.39 is 0 Å². The summed E-state index contributed by atoms with van der Waals surface area (Å²) < 4.78 is 7.04. The molecule has 3 heterocycles. The molecule has 0 aliphatic heterocycles. The van der Waals surface area contributed by atoms with E-state index in [1.165, 1.54) is 17.7 Å². The van der Waals surface area contributed by atoms with Crippen LogP contribution in [0.15, 0.2) is 17.1 Å². The first-order valence-electron chi connectivity index (χ1n) is 11.9. The first-order chi connectivity index (χ1) is 16.6. The number of aryl methyl sites for hydroxylation is 2. The van der Waals surface area contributed by atoms with Gasteiger partial charge in [0.25, 0.3) is 5.91 Å². The zero-order valence-electron chi connectivity index (χ0n) is 19.0. The molecule has 2 saturated carbocycles. The molecular formula is C23H27N7O3S. The number of nitrogens with one attached hydrogen (secondary N) is 3. The van der Waals surface area contributed by atoms with Crippen molar-refractivity contribution in [1.29, 1.82) is 0 Å². The van der Waals surface area contributed by atoms with Gasteiger partial charge in [-0.3, -0.25) is 14.2 Å². The van der Waals surface area contributed by atoms with E-state index in [9.17, 15) is 9.59 Å². The molecule has 3 aromatic heterocycles. The van der Waals surface area contributed by atoms with E-state index in [0.29, 0.717) is 35.4 Å². The molecule has 3 aliphatic rings. The van der Waals surface area contributed by atoms with E-state index in [2.05, 4.69) is 31.3 Å². The van der Waals surface area contributed by atoms with E-state index in [1.807, 2.05) is 11.5 Å². The molecule has 0 saturated heterocycles. The Hall–Kier alpha value is -3.21. The topological polar surface area (TPSA) is 127 Å². The zero-order valence-corrected chi connectivity index (χ0v) is 19.8. The number of fused-ring (bicyclic) bond motifs is 1. The number of carbonyl (C=O) groups is 2. The lowest BCUT2D eigenvalue weighted by Gasteiger charge is -2.25. The minimum Gasteiger partial charge on any atom is -0.362 e. The number of anilines is 3. The van der Waals surface area contributed by atoms with Gasteiger partial charge in [-0.1, -0.05) is 5.16 Å². The molecule has 3 N–H and O–H groups in total. The quantitative estimate of drug-likeness (QED) is 0.449. The number of carbonyl (C=O) groups excluding carboxylic acids is 2. The summed E-state index contributed by atoms with van der Waals surface area (Å²) in [6.45, 7) is 2.55. The second-order valence-electron chi connectivity index (χ2n) is 9.52. The average Bonchev–Trinajstić information content (AvgIpc) is 3.73. The van der Waals surface area contributed by atoms with Crippen LogP contribution >= 0.6 is 11.3 Å². The molecule has 0 unspecified atom stereocenters. The minimum atomic E-state index is -0.0849. The third kappa shape index (κ3) is 4.20. The summed E-state index contributed by atoms with van der Waals surface area (Å²) >= 11 is 1.55. The third-order valence-electron chi connectivity index (χ3n) is 6.86. The number of nitrogens with zero attached hydrogens (tertiary/aromatic N) is 4. The van der Waals surface area contributed by atoms with E-state index in [-0.39, 0.29) is 23.8 Å². The number of thiophene rings is 1. The Balaban J connectivity index is 1.27. The molecule has 10 nitrogen and oxygen atoms in total. The number of amides is 2. The highest BCUT2D eigenvalue weighted by Gasteiger charge is 2.35. The van der Waals surface area contributed by atoms with E-state index in [4.69, 9.17) is 4.52 Å². The number of hydrogen-bond acceptors (Lipinski definition) is 8. The van der Waals surface area contributed by atoms with Gasteiger partial charge in [-0.05, 0) is 63.4 Å². The number of rotatable bonds is 8. The van der Waals surface area contributed by atoms with Crippen molar-refractivity contribution in [3.05, 3.63) is 34.3 Å². The van der Waals surface area contributed by atoms with Crippen LogP contribution in [0.4, 0.5) is 16.6 Å². The predicted molar refractivity (Wildman–Crippen MR) is 126 cm³/mol. The Morgan fingerprint density at radius 3 is 2.82 bits per heavy atom. The van der Waals surface area contributed by atoms with Gasteiger partial charge in [0.15, 0.2) is 0 Å². The fraction of sp³-hybridized carbons (Fsp3) is 0.522. The van der Waals surface area contributed by atoms with Crippen molar-refractivity contribution in [1.82, 2.24) is 25.2 Å². The van der Waals surface area contributed by atoms with Crippen LogP contribution in [0.25, 0.3) is 0 Å². The molecule has 3 aromatic rings. The van der Waals surface area contributed by atoms with Crippen LogP contribution in [0, 0.1) is 18.8 Å². The molecule has 0 spiro atoms. The van der Waals surface area contributed by atoms with Gasteiger partial charge in [0.05, 0.1) is 5.56 Å². The van der Waals surface area contributed by atoms with Gasteiger partial charge in [-0.15, -0.1) is 21.5 Å². The highest BCUT2D eigenvalue weighted by molar-refractivity contribution is 7.17. The lowest BCUT2D eigenvalue weighted by atomic mass is 9.91. The van der Waals surface area contributed by atoms with Gasteiger partial charge >= 0.3 is 0 Å². The van der Waals surface area contributed by atoms with Crippen LogP contribution in [0.3, 0.4) is 0 Å². The molecule has 2 fully saturated rings. The normalized spacial score (nSPS) is 19.5. The van der Waals surface area contributed by atoms with Crippen LogP contribution in [0.1, 0.15) is 64.6 Å². The standard InChI is InChI=1S/C23H27N7O3S/c1-12-17(10-33-29-12)26-23-28-25-11-30(23)15-6-7-18-16(8-15)19(21(32)24-9-13-2-3-13)22(34-18)27-20(31)14-4-5-14/h10-11,13-15H,2-9H2,1H3,(H,24,32)(H,26,28)(H,27,31)/t15-/m0/s1. The summed E-state index contributed by atoms with van der Waals surface area (Å²) in [6.07, 6.45) is 9.86. The SMILES string of the molecule is Cc1nocc1Nc1nncn1[C@H]1CCc2sc(NC(=O)C3CC3)c(C(=O)NCC3CC3)c2C1. The number of aromatic nitrogens is 4. The van der Waals surface area contributed by atoms with Crippen molar-refractivity contribution in [2.75, 3.05) is 17.2 Å². The second-order valence-corrected chi connectivity index (χ2v) is 10.6. The molecule has 0 radical (unpaired) electrons. The molecule has 0 bridgehead atoms. The van der Waals surface area contributed by atoms with Crippen LogP contribution in [-0.2, 0) is 17.6 Å². The van der Waals surface area contributed by atoms with Gasteiger partial charge in [-0.2, -0.15) is 0 Å². The Morgan fingerprint density at radius 1 is 1.24 bits per heavy atom. The van der Waals surface area contributed by atoms with Gasteiger partial charge in [0.1, 0.15) is 29.0 Å². The maximum Gasteiger partial charge on any atom is 0.254 e. The Bertz CT molecular complexity index is 1240. The van der Waals surface area contributed by atoms with Crippen LogP contribution < -0.4 is 16.0 Å². The lowest BCUT2D eigenvalue weighted by molar-refractivity contribution is -0.117. The molecule has 34 heavy (non-hydrogen) atoms. The van der Waals surface area contributed by atoms with E-state index >= 15 is 0 Å². The van der Waals surface area contributed by atoms with Crippen molar-refractivity contribution in [2.45, 2.75) is 57.9 Å². The molecule has 6 rings (SSSR count). The molecule has 1 atom stereocenters. The monoisotopic (exact) mass is 481 g/mol. The van der Waals surface area contributed by atoms with E-state index in [1.54, 1.807) is 23.9 Å². The summed E-state index contributed by atoms with van der Waals surface area (Å²) in [7, 11) is 0. The fourth-order valence-electron chi connectivity index (χ4n) is 4.47. The minimum absolute atomic E-state index is 0.0285. The zero-order chi connectivity index (χ0) is 23.2. The molecule has 178 valence electrons. The van der Waals surface area contributed by atoms with Crippen molar-refractivity contribution in [2.24, 2.45) is 11.8 Å². The van der Waals surface area contributed by atoms with Gasteiger partial charge in [0, 0.05) is 23.4 Å². The maximum absolute atomic E-state index is 13.3. The van der Waals surface area contributed by atoms with Crippen molar-refractivity contribution < 1.29 is 14.1 Å². The van der Waals surface area contributed by atoms with Gasteiger partial charge in [-0.25, -0.2) is 0 Å². The van der Waals surface area contributed by atoms with Crippen LogP contribution in [0.2, 0.25) is 0 Å². The number of hydrogen-bond donors (Lipinski definition) is 3. The Kier molecular flexibility index (Phi) is 5.35. The molecule has 0 aromatic carbocycles. The third-order valence-corrected chi connectivity index (χ3v) is 8.07. The summed E-state index contributed by atoms with van der Waals surface area (Å²) in [6, 6.07) is 0.0849. The first-order valence-corrected chi connectivity index (χ1v) is 12.7. The Labute approximate surface area is 200 Å². The van der Waals surface area contributed by atoms with Crippen LogP contribution in [0.5, 0.6) is 0 Å². The maximum atomic E-state index is 13.3. The van der Waals surface area contributed by atoms with Gasteiger partial charge in [0.2, 0.25) is 11.9 Å². The van der Waals surface area contributed by atoms with E-state index in [0.717, 1.165) is 42.6 Å². The highest BCUT2D eigenvalue weighted by Crippen LogP contribution is 2.43. The summed E-state index contributed by atoms with van der Waals surface area (Å²) in [5.41, 5.74) is 3.15. The van der Waals surface area contributed by atoms with Crippen molar-refractivity contribution in [3.63, 3.8) is 0 Å². The molecule has 2 amide bonds.